The van der Waals surface area contributed by atoms with Gasteiger partial charge in [-0.3, -0.25) is 0 Å². The normalized spacial score (nSPS) is 15.1. The molecule has 7 heteroatoms. The fourth-order valence-electron chi connectivity index (χ4n) is 2.09. The summed E-state index contributed by atoms with van der Waals surface area (Å²) in [6, 6.07) is 13.5. The third-order valence-corrected chi connectivity index (χ3v) is 3.72. The lowest BCUT2D eigenvalue weighted by Gasteiger charge is -2.03. The number of aliphatic imine (C=N–C) groups is 1. The van der Waals surface area contributed by atoms with E-state index in [4.69, 9.17) is 10.5 Å². The highest BCUT2D eigenvalue weighted by molar-refractivity contribution is 9.10. The maximum absolute atomic E-state index is 12.0. The lowest BCUT2D eigenvalue weighted by atomic mass is 10.2. The van der Waals surface area contributed by atoms with E-state index in [2.05, 4.69) is 26.2 Å². The van der Waals surface area contributed by atoms with Gasteiger partial charge >= 0.3 is 12.0 Å². The van der Waals surface area contributed by atoms with E-state index in [1.165, 1.54) is 0 Å². The van der Waals surface area contributed by atoms with Gasteiger partial charge in [0, 0.05) is 15.7 Å². The molecule has 2 aromatic rings. The first-order valence-electron chi connectivity index (χ1n) is 6.96. The highest BCUT2D eigenvalue weighted by Crippen LogP contribution is 2.21. The monoisotopic (exact) mass is 385 g/mol. The SMILES string of the molecule is NC(=O)Nc1ccc(C2=NC(=Cc3ccc(Br)cc3)C(=O)O2)cc1. The number of halogens is 1. The minimum Gasteiger partial charge on any atom is -0.402 e. The van der Waals surface area contributed by atoms with Crippen LogP contribution in [0.15, 0.2) is 63.7 Å². The molecule has 1 aliphatic rings. The number of ether oxygens (including phenoxy) is 1. The first-order chi connectivity index (χ1) is 11.5. The van der Waals surface area contributed by atoms with E-state index in [0.717, 1.165) is 10.0 Å². The van der Waals surface area contributed by atoms with Crippen molar-refractivity contribution in [2.24, 2.45) is 10.7 Å². The third-order valence-electron chi connectivity index (χ3n) is 3.19. The molecule has 0 fully saturated rings. The van der Waals surface area contributed by atoms with Crippen LogP contribution in [0, 0.1) is 0 Å². The van der Waals surface area contributed by atoms with Crippen LogP contribution < -0.4 is 11.1 Å². The summed E-state index contributed by atoms with van der Waals surface area (Å²) in [6.45, 7) is 0. The molecule has 0 atom stereocenters. The number of hydrogen-bond donors (Lipinski definition) is 2. The molecule has 0 radical (unpaired) electrons. The molecule has 120 valence electrons. The van der Waals surface area contributed by atoms with Crippen LogP contribution in [0.4, 0.5) is 10.5 Å². The van der Waals surface area contributed by atoms with E-state index < -0.39 is 12.0 Å². The number of primary amides is 1. The first-order valence-corrected chi connectivity index (χ1v) is 7.75. The summed E-state index contributed by atoms with van der Waals surface area (Å²) in [4.78, 5) is 27.0. The van der Waals surface area contributed by atoms with E-state index in [1.807, 2.05) is 24.3 Å². The predicted molar refractivity (Wildman–Crippen MR) is 94.4 cm³/mol. The first kappa shape index (κ1) is 15.9. The number of esters is 1. The molecule has 3 rings (SSSR count). The second-order valence-corrected chi connectivity index (χ2v) is 5.87. The molecule has 3 N–H and O–H groups in total. The molecule has 0 aliphatic carbocycles. The van der Waals surface area contributed by atoms with Crippen molar-refractivity contribution in [3.63, 3.8) is 0 Å². The molecule has 1 heterocycles. The van der Waals surface area contributed by atoms with Gasteiger partial charge < -0.3 is 15.8 Å². The Labute approximate surface area is 146 Å². The number of rotatable bonds is 3. The Morgan fingerprint density at radius 1 is 1.12 bits per heavy atom. The summed E-state index contributed by atoms with van der Waals surface area (Å²) in [6.07, 6.45) is 1.66. The van der Waals surface area contributed by atoms with Gasteiger partial charge in [-0.1, -0.05) is 28.1 Å². The van der Waals surface area contributed by atoms with Crippen LogP contribution in [-0.2, 0) is 9.53 Å². The second kappa shape index (κ2) is 6.67. The van der Waals surface area contributed by atoms with E-state index in [-0.39, 0.29) is 11.6 Å². The lowest BCUT2D eigenvalue weighted by Crippen LogP contribution is -2.19. The number of nitrogens with one attached hydrogen (secondary N) is 1. The molecule has 0 saturated carbocycles. The number of cyclic esters (lactones) is 1. The van der Waals surface area contributed by atoms with Gasteiger partial charge in [0.2, 0.25) is 5.90 Å². The summed E-state index contributed by atoms with van der Waals surface area (Å²) >= 11 is 3.36. The topological polar surface area (TPSA) is 93.8 Å². The van der Waals surface area contributed by atoms with Gasteiger partial charge in [0.15, 0.2) is 5.70 Å². The number of nitrogens with two attached hydrogens (primary N) is 1. The molecule has 0 bridgehead atoms. The summed E-state index contributed by atoms with van der Waals surface area (Å²) in [7, 11) is 0. The zero-order valence-corrected chi connectivity index (χ0v) is 13.9. The van der Waals surface area contributed by atoms with E-state index in [0.29, 0.717) is 11.3 Å². The quantitative estimate of drug-likeness (QED) is 0.626. The van der Waals surface area contributed by atoms with E-state index in [1.54, 1.807) is 30.3 Å². The second-order valence-electron chi connectivity index (χ2n) is 4.95. The number of anilines is 1. The zero-order valence-electron chi connectivity index (χ0n) is 12.3. The van der Waals surface area contributed by atoms with Gasteiger partial charge in [0.05, 0.1) is 0 Å². The van der Waals surface area contributed by atoms with E-state index in [9.17, 15) is 9.59 Å². The Balaban J connectivity index is 1.83. The number of amides is 2. The maximum Gasteiger partial charge on any atom is 0.363 e. The van der Waals surface area contributed by atoms with Gasteiger partial charge in [-0.25, -0.2) is 14.6 Å². The highest BCUT2D eigenvalue weighted by Gasteiger charge is 2.24. The number of carbonyl (C=O) groups excluding carboxylic acids is 2. The molecule has 0 spiro atoms. The standard InChI is InChI=1S/C17H12BrN3O3/c18-12-5-1-10(2-6-12)9-14-16(22)24-15(21-14)11-3-7-13(8-4-11)20-17(19)23/h1-9H,(H3,19,20,23). The molecular formula is C17H12BrN3O3. The Morgan fingerprint density at radius 2 is 1.79 bits per heavy atom. The smallest absolute Gasteiger partial charge is 0.363 e. The molecule has 0 aromatic heterocycles. The summed E-state index contributed by atoms with van der Waals surface area (Å²) < 4.78 is 6.15. The Bertz CT molecular complexity index is 856. The largest absolute Gasteiger partial charge is 0.402 e. The molecule has 1 aliphatic heterocycles. The minimum absolute atomic E-state index is 0.217. The van der Waals surface area contributed by atoms with Crippen molar-refractivity contribution < 1.29 is 14.3 Å². The van der Waals surface area contributed by atoms with Crippen LogP contribution in [0.2, 0.25) is 0 Å². The van der Waals surface area contributed by atoms with Crippen molar-refractivity contribution >= 4 is 45.6 Å². The summed E-state index contributed by atoms with van der Waals surface area (Å²) in [5, 5.41) is 2.45. The molecule has 2 aromatic carbocycles. The van der Waals surface area contributed by atoms with Crippen LogP contribution in [0.3, 0.4) is 0 Å². The van der Waals surface area contributed by atoms with Crippen LogP contribution in [0.5, 0.6) is 0 Å². The Morgan fingerprint density at radius 3 is 2.42 bits per heavy atom. The fourth-order valence-corrected chi connectivity index (χ4v) is 2.35. The fraction of sp³-hybridized carbons (Fsp3) is 0. The average molecular weight is 386 g/mol. The highest BCUT2D eigenvalue weighted by atomic mass is 79.9. The minimum atomic E-state index is -0.646. The van der Waals surface area contributed by atoms with Gasteiger partial charge in [-0.2, -0.15) is 0 Å². The van der Waals surface area contributed by atoms with E-state index >= 15 is 0 Å². The lowest BCUT2D eigenvalue weighted by molar-refractivity contribution is -0.129. The van der Waals surface area contributed by atoms with Gasteiger partial charge in [-0.05, 0) is 48.0 Å². The average Bonchev–Trinajstić information content (AvgIpc) is 2.91. The summed E-state index contributed by atoms with van der Waals surface area (Å²) in [5.74, 6) is -0.291. The third kappa shape index (κ3) is 3.69. The van der Waals surface area contributed by atoms with Crippen molar-refractivity contribution in [1.82, 2.24) is 0 Å². The van der Waals surface area contributed by atoms with Crippen molar-refractivity contribution in [3.8, 4) is 0 Å². The van der Waals surface area contributed by atoms with Crippen LogP contribution in [0.25, 0.3) is 6.08 Å². The van der Waals surface area contributed by atoms with Crippen molar-refractivity contribution in [2.75, 3.05) is 5.32 Å². The van der Waals surface area contributed by atoms with Crippen molar-refractivity contribution in [3.05, 3.63) is 69.8 Å². The number of carbonyl (C=O) groups is 2. The number of urea groups is 1. The van der Waals surface area contributed by atoms with Crippen LogP contribution in [-0.4, -0.2) is 17.9 Å². The Kier molecular flexibility index (Phi) is 4.43. The van der Waals surface area contributed by atoms with Crippen LogP contribution >= 0.6 is 15.9 Å². The molecule has 2 amide bonds. The predicted octanol–water partition coefficient (Wildman–Crippen LogP) is 3.28. The molecule has 24 heavy (non-hydrogen) atoms. The molecular weight excluding hydrogens is 374 g/mol. The van der Waals surface area contributed by atoms with Crippen molar-refractivity contribution in [2.45, 2.75) is 0 Å². The van der Waals surface area contributed by atoms with Gasteiger partial charge in [0.25, 0.3) is 0 Å². The maximum atomic E-state index is 12.0. The van der Waals surface area contributed by atoms with Crippen LogP contribution in [0.1, 0.15) is 11.1 Å². The van der Waals surface area contributed by atoms with Crippen molar-refractivity contribution in [1.29, 1.82) is 0 Å². The zero-order chi connectivity index (χ0) is 17.1. The number of nitrogens with zero attached hydrogens (tertiary/aromatic N) is 1. The number of hydrogen-bond acceptors (Lipinski definition) is 4. The number of benzene rings is 2. The molecule has 0 saturated heterocycles. The molecule has 0 unspecified atom stereocenters. The van der Waals surface area contributed by atoms with Gasteiger partial charge in [0.1, 0.15) is 0 Å². The van der Waals surface area contributed by atoms with Gasteiger partial charge in [-0.15, -0.1) is 0 Å². The Hall–Kier alpha value is -2.93. The summed E-state index contributed by atoms with van der Waals surface area (Å²) in [5.41, 5.74) is 7.29. The molecule has 6 nitrogen and oxygen atoms in total.